The van der Waals surface area contributed by atoms with E-state index in [1.165, 1.54) is 0 Å². The summed E-state index contributed by atoms with van der Waals surface area (Å²) in [6.07, 6.45) is 8.77. The summed E-state index contributed by atoms with van der Waals surface area (Å²) in [5.74, 6) is 0.769. The molecule has 0 aromatic carbocycles. The van der Waals surface area contributed by atoms with Gasteiger partial charge in [-0.15, -0.1) is 0 Å². The van der Waals surface area contributed by atoms with Crippen molar-refractivity contribution in [2.45, 2.75) is 19.4 Å². The van der Waals surface area contributed by atoms with E-state index in [-0.39, 0.29) is 18.6 Å². The highest BCUT2D eigenvalue weighted by Crippen LogP contribution is 2.22. The molecular weight excluding hydrogens is 388 g/mol. The number of rotatable bonds is 7. The van der Waals surface area contributed by atoms with Gasteiger partial charge in [0, 0.05) is 46.2 Å². The van der Waals surface area contributed by atoms with Gasteiger partial charge in [-0.3, -0.25) is 4.68 Å². The molecule has 3 aromatic rings. The molecule has 4 heterocycles. The minimum atomic E-state index is -0.285. The third kappa shape index (κ3) is 4.67. The smallest absolute Gasteiger partial charge is 0.409 e. The van der Waals surface area contributed by atoms with Gasteiger partial charge in [-0.1, -0.05) is 0 Å². The number of piperidine rings is 1. The first-order valence-corrected chi connectivity index (χ1v) is 9.97. The van der Waals surface area contributed by atoms with Gasteiger partial charge in [0.15, 0.2) is 5.65 Å². The second-order valence-electron chi connectivity index (χ2n) is 7.39. The van der Waals surface area contributed by atoms with Gasteiger partial charge >= 0.3 is 6.09 Å². The molecule has 11 heteroatoms. The van der Waals surface area contributed by atoms with Crippen LogP contribution in [0, 0.1) is 5.92 Å². The monoisotopic (exact) mass is 414 g/mol. The van der Waals surface area contributed by atoms with E-state index in [2.05, 4.69) is 25.5 Å². The first-order valence-electron chi connectivity index (χ1n) is 9.97. The highest BCUT2D eigenvalue weighted by Gasteiger charge is 2.25. The van der Waals surface area contributed by atoms with Crippen LogP contribution in [0.15, 0.2) is 24.8 Å². The fourth-order valence-electron chi connectivity index (χ4n) is 3.60. The van der Waals surface area contributed by atoms with Crippen LogP contribution in [-0.4, -0.2) is 73.9 Å². The predicted octanol–water partition coefficient (Wildman–Crippen LogP) is 1.80. The number of amides is 1. The van der Waals surface area contributed by atoms with Gasteiger partial charge in [0.25, 0.3) is 0 Å². The summed E-state index contributed by atoms with van der Waals surface area (Å²) < 4.78 is 13.8. The zero-order chi connectivity index (χ0) is 20.9. The minimum absolute atomic E-state index is 0.268. The number of ether oxygens (including phenoxy) is 2. The number of fused-ring (bicyclic) bond motifs is 1. The van der Waals surface area contributed by atoms with Crippen LogP contribution in [-0.2, 0) is 23.1 Å². The van der Waals surface area contributed by atoms with Crippen molar-refractivity contribution in [1.82, 2.24) is 34.4 Å². The summed E-state index contributed by atoms with van der Waals surface area (Å²) in [6.45, 7) is 2.69. The Bertz CT molecular complexity index is 1000. The van der Waals surface area contributed by atoms with Crippen LogP contribution in [0.4, 0.5) is 16.4 Å². The van der Waals surface area contributed by atoms with Crippen molar-refractivity contribution in [1.29, 1.82) is 0 Å². The van der Waals surface area contributed by atoms with Crippen molar-refractivity contribution in [3.63, 3.8) is 0 Å². The maximum Gasteiger partial charge on any atom is 0.409 e. The summed E-state index contributed by atoms with van der Waals surface area (Å²) >= 11 is 0. The van der Waals surface area contributed by atoms with Crippen LogP contribution in [0.2, 0.25) is 0 Å². The molecule has 0 aliphatic carbocycles. The molecule has 1 saturated heterocycles. The molecule has 1 fully saturated rings. The largest absolute Gasteiger partial charge is 0.447 e. The highest BCUT2D eigenvalue weighted by molar-refractivity contribution is 5.75. The summed E-state index contributed by atoms with van der Waals surface area (Å²) in [5, 5.41) is 12.7. The Morgan fingerprint density at radius 1 is 1.27 bits per heavy atom. The standard InChI is InChI=1S/C19H26N8O3/c1-25-13-16(10-21-25)23-18-20-8-15-9-22-27(17(15)24-18)12-14-4-3-5-26(11-14)19(28)30-7-6-29-2/h8-10,13-14H,3-7,11-12H2,1-2H3,(H,20,23,24). The Hall–Kier alpha value is -3.21. The maximum absolute atomic E-state index is 12.2. The lowest BCUT2D eigenvalue weighted by Crippen LogP contribution is -2.41. The van der Waals surface area contributed by atoms with E-state index >= 15 is 0 Å². The van der Waals surface area contributed by atoms with E-state index in [0.717, 1.165) is 29.6 Å². The van der Waals surface area contributed by atoms with Gasteiger partial charge in [0.2, 0.25) is 5.95 Å². The molecule has 11 nitrogen and oxygen atoms in total. The number of aromatic nitrogens is 6. The molecule has 1 N–H and O–H groups in total. The molecule has 0 radical (unpaired) electrons. The Morgan fingerprint density at radius 3 is 2.97 bits per heavy atom. The van der Waals surface area contributed by atoms with Crippen LogP contribution in [0.5, 0.6) is 0 Å². The average molecular weight is 414 g/mol. The van der Waals surface area contributed by atoms with Crippen LogP contribution in [0.3, 0.4) is 0 Å². The van der Waals surface area contributed by atoms with Crippen molar-refractivity contribution in [2.24, 2.45) is 13.0 Å². The quantitative estimate of drug-likeness (QED) is 0.583. The number of carbonyl (C=O) groups excluding carboxylic acids is 1. The summed E-state index contributed by atoms with van der Waals surface area (Å²) in [7, 11) is 3.44. The molecule has 1 atom stereocenters. The first kappa shape index (κ1) is 20.1. The molecule has 1 aliphatic rings. The first-order chi connectivity index (χ1) is 14.6. The zero-order valence-electron chi connectivity index (χ0n) is 17.2. The fourth-order valence-corrected chi connectivity index (χ4v) is 3.60. The van der Waals surface area contributed by atoms with Gasteiger partial charge in [-0.25, -0.2) is 14.5 Å². The molecule has 0 saturated carbocycles. The van der Waals surface area contributed by atoms with E-state index < -0.39 is 0 Å². The van der Waals surface area contributed by atoms with Crippen LogP contribution in [0.25, 0.3) is 11.0 Å². The van der Waals surface area contributed by atoms with Crippen molar-refractivity contribution in [3.05, 3.63) is 24.8 Å². The Kier molecular flexibility index (Phi) is 6.07. The number of carbonyl (C=O) groups is 1. The molecule has 3 aromatic heterocycles. The summed E-state index contributed by atoms with van der Waals surface area (Å²) in [6, 6.07) is 0. The lowest BCUT2D eigenvalue weighted by Gasteiger charge is -2.32. The van der Waals surface area contributed by atoms with Gasteiger partial charge < -0.3 is 19.7 Å². The normalized spacial score (nSPS) is 16.7. The lowest BCUT2D eigenvalue weighted by molar-refractivity contribution is 0.0590. The van der Waals surface area contributed by atoms with E-state index in [9.17, 15) is 4.79 Å². The van der Waals surface area contributed by atoms with Crippen molar-refractivity contribution in [3.8, 4) is 0 Å². The highest BCUT2D eigenvalue weighted by atomic mass is 16.6. The number of methoxy groups -OCH3 is 1. The molecular formula is C19H26N8O3. The van der Waals surface area contributed by atoms with Gasteiger partial charge in [-0.05, 0) is 18.8 Å². The second-order valence-corrected chi connectivity index (χ2v) is 7.39. The van der Waals surface area contributed by atoms with Crippen LogP contribution >= 0.6 is 0 Å². The fraction of sp³-hybridized carbons (Fsp3) is 0.526. The van der Waals surface area contributed by atoms with Gasteiger partial charge in [0.05, 0.1) is 30.1 Å². The van der Waals surface area contributed by atoms with E-state index in [4.69, 9.17) is 9.47 Å². The van der Waals surface area contributed by atoms with Gasteiger partial charge in [-0.2, -0.15) is 15.2 Å². The van der Waals surface area contributed by atoms with E-state index in [1.54, 1.807) is 35.3 Å². The number of hydrogen-bond donors (Lipinski definition) is 1. The zero-order valence-corrected chi connectivity index (χ0v) is 17.2. The number of nitrogens with zero attached hydrogens (tertiary/aromatic N) is 7. The molecule has 1 aliphatic heterocycles. The predicted molar refractivity (Wildman–Crippen MR) is 109 cm³/mol. The maximum atomic E-state index is 12.2. The molecule has 30 heavy (non-hydrogen) atoms. The Morgan fingerprint density at radius 2 is 2.17 bits per heavy atom. The topological polar surface area (TPSA) is 112 Å². The molecule has 1 amide bonds. The van der Waals surface area contributed by atoms with Crippen LogP contribution < -0.4 is 5.32 Å². The number of aryl methyl sites for hydroxylation is 1. The Labute approximate surface area is 174 Å². The Balaban J connectivity index is 1.42. The molecule has 160 valence electrons. The second kappa shape index (κ2) is 9.08. The number of likely N-dealkylation sites (tertiary alicyclic amines) is 1. The molecule has 4 rings (SSSR count). The summed E-state index contributed by atoms with van der Waals surface area (Å²) in [4.78, 5) is 23.0. The lowest BCUT2D eigenvalue weighted by atomic mass is 9.98. The molecule has 0 spiro atoms. The number of nitrogens with one attached hydrogen (secondary N) is 1. The van der Waals surface area contributed by atoms with Crippen molar-refractivity contribution >= 4 is 28.8 Å². The van der Waals surface area contributed by atoms with Crippen molar-refractivity contribution < 1.29 is 14.3 Å². The third-order valence-electron chi connectivity index (χ3n) is 5.06. The SMILES string of the molecule is COCCOC(=O)N1CCCC(Cn2ncc3cnc(Nc4cnn(C)c4)nc32)C1. The van der Waals surface area contributed by atoms with Crippen LogP contribution in [0.1, 0.15) is 12.8 Å². The molecule has 1 unspecified atom stereocenters. The van der Waals surface area contributed by atoms with E-state index in [1.807, 2.05) is 17.9 Å². The third-order valence-corrected chi connectivity index (χ3v) is 5.06. The minimum Gasteiger partial charge on any atom is -0.447 e. The van der Waals surface area contributed by atoms with E-state index in [0.29, 0.717) is 32.2 Å². The van der Waals surface area contributed by atoms with Gasteiger partial charge in [0.1, 0.15) is 6.61 Å². The summed E-state index contributed by atoms with van der Waals surface area (Å²) in [5.41, 5.74) is 1.58. The number of hydrogen-bond acceptors (Lipinski definition) is 8. The number of anilines is 2. The molecule has 0 bridgehead atoms. The van der Waals surface area contributed by atoms with Crippen molar-refractivity contribution in [2.75, 3.05) is 38.7 Å². The average Bonchev–Trinajstić information content (AvgIpc) is 3.34.